The first-order chi connectivity index (χ1) is 14.2. The molecule has 1 atom stereocenters. The quantitative estimate of drug-likeness (QED) is 0.581. The fourth-order valence-electron chi connectivity index (χ4n) is 4.01. The Hall–Kier alpha value is -2.26. The molecule has 3 aromatic rings. The van der Waals surface area contributed by atoms with Gasteiger partial charge in [0.1, 0.15) is 0 Å². The van der Waals surface area contributed by atoms with Gasteiger partial charge in [-0.15, -0.1) is 11.3 Å². The zero-order valence-corrected chi connectivity index (χ0v) is 19.1. The van der Waals surface area contributed by atoms with Crippen molar-refractivity contribution in [1.29, 1.82) is 0 Å². The smallest absolute Gasteiger partial charge is 0.223 e. The number of carbonyl (C=O) groups excluding carboxylic acids is 1. The van der Waals surface area contributed by atoms with Crippen molar-refractivity contribution in [2.24, 2.45) is 0 Å². The predicted octanol–water partition coefficient (Wildman–Crippen LogP) is 3.06. The van der Waals surface area contributed by atoms with E-state index in [9.17, 15) is 13.2 Å². The van der Waals surface area contributed by atoms with Crippen LogP contribution in [0.2, 0.25) is 0 Å². The van der Waals surface area contributed by atoms with Crippen molar-refractivity contribution in [1.82, 2.24) is 19.7 Å². The molecular formula is C21H26N4O3S2. The molecule has 7 nitrogen and oxygen atoms in total. The van der Waals surface area contributed by atoms with Gasteiger partial charge in [0, 0.05) is 37.7 Å². The van der Waals surface area contributed by atoms with E-state index in [-0.39, 0.29) is 23.5 Å². The largest absolute Gasteiger partial charge is 0.341 e. The summed E-state index contributed by atoms with van der Waals surface area (Å²) in [4.78, 5) is 19.0. The number of carbonyl (C=O) groups is 1. The predicted molar refractivity (Wildman–Crippen MR) is 118 cm³/mol. The summed E-state index contributed by atoms with van der Waals surface area (Å²) in [6, 6.07) is 7.89. The average Bonchev–Trinajstić information content (AvgIpc) is 3.36. The van der Waals surface area contributed by atoms with Crippen molar-refractivity contribution >= 4 is 37.3 Å². The highest BCUT2D eigenvalue weighted by atomic mass is 32.2. The van der Waals surface area contributed by atoms with Crippen LogP contribution < -0.4 is 0 Å². The molecule has 3 heterocycles. The van der Waals surface area contributed by atoms with Gasteiger partial charge in [-0.1, -0.05) is 12.1 Å². The third-order valence-electron chi connectivity index (χ3n) is 5.74. The number of thiazole rings is 1. The number of hydrogen-bond acceptors (Lipinski definition) is 6. The number of rotatable bonds is 6. The minimum atomic E-state index is -2.97. The lowest BCUT2D eigenvalue weighted by Gasteiger charge is -2.18. The number of para-hydroxylation sites is 1. The minimum absolute atomic E-state index is 0.0595. The van der Waals surface area contributed by atoms with E-state index < -0.39 is 9.84 Å². The summed E-state index contributed by atoms with van der Waals surface area (Å²) in [5.41, 5.74) is 3.77. The number of aromatic nitrogens is 3. The molecule has 0 bridgehead atoms. The fraction of sp³-hybridized carbons (Fsp3) is 0.476. The standard InChI is InChI=1S/C21H26N4O3S2/c1-14-17(15(2)25(23-14)16-10-11-30(27,28)13-16)12-24(3)21(26)9-8-20-22-18-6-4-5-7-19(18)29-20/h4-7,16H,8-13H2,1-3H3. The van der Waals surface area contributed by atoms with E-state index in [0.29, 0.717) is 25.8 Å². The van der Waals surface area contributed by atoms with E-state index in [1.54, 1.807) is 23.3 Å². The lowest BCUT2D eigenvalue weighted by molar-refractivity contribution is -0.130. The minimum Gasteiger partial charge on any atom is -0.341 e. The van der Waals surface area contributed by atoms with Crippen molar-refractivity contribution < 1.29 is 13.2 Å². The highest BCUT2D eigenvalue weighted by Crippen LogP contribution is 2.27. The van der Waals surface area contributed by atoms with Crippen LogP contribution >= 0.6 is 11.3 Å². The molecule has 4 rings (SSSR count). The molecule has 1 fully saturated rings. The van der Waals surface area contributed by atoms with Gasteiger partial charge in [-0.05, 0) is 32.4 Å². The summed E-state index contributed by atoms with van der Waals surface area (Å²) in [6.07, 6.45) is 1.63. The average molecular weight is 447 g/mol. The second-order valence-corrected chi connectivity index (χ2v) is 11.3. The molecule has 0 N–H and O–H groups in total. The fourth-order valence-corrected chi connectivity index (χ4v) is 6.67. The Morgan fingerprint density at radius 1 is 1.30 bits per heavy atom. The number of fused-ring (bicyclic) bond motifs is 1. The van der Waals surface area contributed by atoms with Gasteiger partial charge in [-0.25, -0.2) is 13.4 Å². The topological polar surface area (TPSA) is 85.2 Å². The highest BCUT2D eigenvalue weighted by molar-refractivity contribution is 7.91. The van der Waals surface area contributed by atoms with E-state index in [0.717, 1.165) is 32.2 Å². The van der Waals surface area contributed by atoms with Crippen molar-refractivity contribution in [3.05, 3.63) is 46.2 Å². The summed E-state index contributed by atoms with van der Waals surface area (Å²) in [5, 5.41) is 5.57. The van der Waals surface area contributed by atoms with Gasteiger partial charge in [0.2, 0.25) is 5.91 Å². The summed E-state index contributed by atoms with van der Waals surface area (Å²) in [5.74, 6) is 0.421. The maximum Gasteiger partial charge on any atom is 0.223 e. The Kier molecular flexibility index (Phi) is 5.67. The van der Waals surface area contributed by atoms with Gasteiger partial charge in [-0.3, -0.25) is 9.48 Å². The van der Waals surface area contributed by atoms with Crippen LogP contribution in [-0.2, 0) is 27.6 Å². The number of sulfone groups is 1. The zero-order valence-electron chi connectivity index (χ0n) is 17.5. The second kappa shape index (κ2) is 8.11. The van der Waals surface area contributed by atoms with Gasteiger partial charge in [0.25, 0.3) is 0 Å². The van der Waals surface area contributed by atoms with E-state index >= 15 is 0 Å². The monoisotopic (exact) mass is 446 g/mol. The van der Waals surface area contributed by atoms with E-state index in [1.807, 2.05) is 42.8 Å². The molecule has 0 radical (unpaired) electrons. The van der Waals surface area contributed by atoms with Gasteiger partial charge in [-0.2, -0.15) is 5.10 Å². The maximum atomic E-state index is 12.7. The summed E-state index contributed by atoms with van der Waals surface area (Å²) >= 11 is 1.63. The Morgan fingerprint density at radius 2 is 2.07 bits per heavy atom. The van der Waals surface area contributed by atoms with Crippen LogP contribution in [0.5, 0.6) is 0 Å². The molecule has 1 aliphatic rings. The Balaban J connectivity index is 1.40. The van der Waals surface area contributed by atoms with Crippen molar-refractivity contribution in [2.45, 2.75) is 45.7 Å². The number of aryl methyl sites for hydroxylation is 2. The van der Waals surface area contributed by atoms with Crippen LogP contribution in [0.1, 0.15) is 40.8 Å². The molecule has 0 saturated carbocycles. The molecule has 160 valence electrons. The molecule has 2 aromatic heterocycles. The molecule has 9 heteroatoms. The number of nitrogens with zero attached hydrogens (tertiary/aromatic N) is 4. The third-order valence-corrected chi connectivity index (χ3v) is 8.59. The van der Waals surface area contributed by atoms with Gasteiger partial charge < -0.3 is 4.90 Å². The normalized spacial score (nSPS) is 18.2. The second-order valence-electron chi connectivity index (χ2n) is 7.98. The number of hydrogen-bond donors (Lipinski definition) is 0. The van der Waals surface area contributed by atoms with Crippen LogP contribution in [0, 0.1) is 13.8 Å². The highest BCUT2D eigenvalue weighted by Gasteiger charge is 2.31. The first-order valence-electron chi connectivity index (χ1n) is 10.1. The lowest BCUT2D eigenvalue weighted by atomic mass is 10.1. The Morgan fingerprint density at radius 3 is 2.77 bits per heavy atom. The Labute approximate surface area is 180 Å². The molecule has 0 spiro atoms. The van der Waals surface area contributed by atoms with E-state index in [1.165, 1.54) is 0 Å². The van der Waals surface area contributed by atoms with Crippen LogP contribution in [0.15, 0.2) is 24.3 Å². The van der Waals surface area contributed by atoms with Crippen molar-refractivity contribution in [2.75, 3.05) is 18.6 Å². The van der Waals surface area contributed by atoms with Gasteiger partial charge >= 0.3 is 0 Å². The molecular weight excluding hydrogens is 420 g/mol. The van der Waals surface area contributed by atoms with Crippen LogP contribution in [0.3, 0.4) is 0 Å². The molecule has 1 aliphatic heterocycles. The van der Waals surface area contributed by atoms with Gasteiger partial charge in [0.15, 0.2) is 9.84 Å². The first-order valence-corrected chi connectivity index (χ1v) is 12.7. The molecule has 1 saturated heterocycles. The molecule has 0 aliphatic carbocycles. The SMILES string of the molecule is Cc1nn(C2CCS(=O)(=O)C2)c(C)c1CN(C)C(=O)CCc1nc2ccccc2s1. The summed E-state index contributed by atoms with van der Waals surface area (Å²) in [6.45, 7) is 4.34. The van der Waals surface area contributed by atoms with Gasteiger partial charge in [0.05, 0.1) is 38.5 Å². The summed E-state index contributed by atoms with van der Waals surface area (Å²) in [7, 11) is -1.17. The number of amides is 1. The van der Waals surface area contributed by atoms with Crippen molar-refractivity contribution in [3.63, 3.8) is 0 Å². The third kappa shape index (κ3) is 4.27. The molecule has 1 unspecified atom stereocenters. The molecule has 30 heavy (non-hydrogen) atoms. The lowest BCUT2D eigenvalue weighted by Crippen LogP contribution is -2.27. The number of benzene rings is 1. The Bertz CT molecular complexity index is 1160. The first kappa shape index (κ1) is 21.0. The zero-order chi connectivity index (χ0) is 21.5. The van der Waals surface area contributed by atoms with Crippen LogP contribution in [-0.4, -0.2) is 52.5 Å². The van der Waals surface area contributed by atoms with Crippen LogP contribution in [0.25, 0.3) is 10.2 Å². The van der Waals surface area contributed by atoms with E-state index in [4.69, 9.17) is 0 Å². The summed E-state index contributed by atoms with van der Waals surface area (Å²) < 4.78 is 26.6. The van der Waals surface area contributed by atoms with Crippen LogP contribution in [0.4, 0.5) is 0 Å². The molecule has 1 amide bonds. The maximum absolute atomic E-state index is 12.7. The van der Waals surface area contributed by atoms with Crippen molar-refractivity contribution in [3.8, 4) is 0 Å². The van der Waals surface area contributed by atoms with E-state index in [2.05, 4.69) is 10.1 Å². The molecule has 1 aromatic carbocycles.